The maximum Gasteiger partial charge on any atom is 0.472 e. The summed E-state index contributed by atoms with van der Waals surface area (Å²) in [6.45, 7) is 3.92. The lowest BCUT2D eigenvalue weighted by Crippen LogP contribution is -2.45. The van der Waals surface area contributed by atoms with Gasteiger partial charge >= 0.3 is 7.82 Å². The van der Waals surface area contributed by atoms with Gasteiger partial charge in [-0.2, -0.15) is 0 Å². The Morgan fingerprint density at radius 3 is 1.75 bits per heavy atom. The third-order valence-corrected chi connectivity index (χ3v) is 9.25. The van der Waals surface area contributed by atoms with Crippen LogP contribution in [0.25, 0.3) is 0 Å². The van der Waals surface area contributed by atoms with E-state index in [1.54, 1.807) is 6.08 Å². The van der Waals surface area contributed by atoms with Crippen LogP contribution in [0.1, 0.15) is 155 Å². The summed E-state index contributed by atoms with van der Waals surface area (Å²) in [6.07, 6.45) is 48.2. The van der Waals surface area contributed by atoms with E-state index in [9.17, 15) is 19.4 Å². The Hall–Kier alpha value is -2.06. The molecule has 0 aliphatic rings. The summed E-state index contributed by atoms with van der Waals surface area (Å²) in [5.41, 5.74) is 5.35. The normalized spacial score (nSPS) is 15.0. The van der Waals surface area contributed by atoms with Crippen LogP contribution in [-0.2, 0) is 18.4 Å². The molecule has 0 aliphatic carbocycles. The molecule has 8 nitrogen and oxygen atoms in total. The average molecular weight is 735 g/mol. The first-order valence-electron chi connectivity index (χ1n) is 20.1. The Morgan fingerprint density at radius 1 is 0.667 bits per heavy atom. The van der Waals surface area contributed by atoms with Gasteiger partial charge in [0.25, 0.3) is 0 Å². The smallest absolute Gasteiger partial charge is 0.387 e. The summed E-state index contributed by atoms with van der Waals surface area (Å²) >= 11 is 0. The molecule has 3 unspecified atom stereocenters. The topological polar surface area (TPSA) is 131 Å². The standard InChI is InChI=1S/C42H75N2O6P/c1-3-5-7-9-11-13-14-15-16-17-18-19-20-21-22-23-24-25-26-28-30-32-34-36-42(46)44-40(39-50-51(47,48)49-38-37-43)41(45)35-33-31-29-27-12-10-8-6-4-2/h5,7,11-13,15-16,18-19,27,33,35,40-41,45H,3-4,6,8-10,14,17,20-26,28-32,34,36-39,43H2,1-2H3,(H,44,46)(H,47,48)/b7-5-,13-11-,16-15-,19-18-,27-12+,35-33+. The van der Waals surface area contributed by atoms with Crippen molar-refractivity contribution in [3.8, 4) is 0 Å². The van der Waals surface area contributed by atoms with Gasteiger partial charge in [-0.25, -0.2) is 4.57 Å². The minimum absolute atomic E-state index is 0.0697. The lowest BCUT2D eigenvalue weighted by atomic mass is 10.0. The molecule has 5 N–H and O–H groups in total. The van der Waals surface area contributed by atoms with Crippen molar-refractivity contribution in [2.24, 2.45) is 5.73 Å². The summed E-state index contributed by atoms with van der Waals surface area (Å²) in [5.74, 6) is -0.216. The number of nitrogens with two attached hydrogens (primary N) is 1. The largest absolute Gasteiger partial charge is 0.472 e. The van der Waals surface area contributed by atoms with Gasteiger partial charge in [0.2, 0.25) is 5.91 Å². The SMILES string of the molecule is CC/C=C\C/C=C\C/C=C\C/C=C\CCCCCCCCCCCCC(=O)NC(COP(=O)(O)OCCN)C(O)/C=C/CC/C=C/CCCCC. The van der Waals surface area contributed by atoms with Gasteiger partial charge in [-0.15, -0.1) is 0 Å². The van der Waals surface area contributed by atoms with Crippen LogP contribution >= 0.6 is 7.82 Å². The second kappa shape index (κ2) is 37.7. The molecule has 0 aromatic carbocycles. The van der Waals surface area contributed by atoms with Crippen LogP contribution in [0, 0.1) is 0 Å². The molecule has 0 spiro atoms. The number of allylic oxidation sites excluding steroid dienone is 11. The number of nitrogens with one attached hydrogen (secondary N) is 1. The summed E-state index contributed by atoms with van der Waals surface area (Å²) in [5, 5.41) is 13.5. The second-order valence-electron chi connectivity index (χ2n) is 13.1. The van der Waals surface area contributed by atoms with E-state index in [1.807, 2.05) is 6.08 Å². The molecule has 51 heavy (non-hydrogen) atoms. The van der Waals surface area contributed by atoms with Gasteiger partial charge in [-0.1, -0.05) is 151 Å². The first kappa shape index (κ1) is 48.9. The van der Waals surface area contributed by atoms with Crippen molar-refractivity contribution in [3.63, 3.8) is 0 Å². The number of hydrogen-bond acceptors (Lipinski definition) is 6. The zero-order valence-electron chi connectivity index (χ0n) is 32.3. The molecular formula is C42H75N2O6P. The van der Waals surface area contributed by atoms with Gasteiger partial charge in [0.05, 0.1) is 25.4 Å². The molecule has 294 valence electrons. The third-order valence-electron chi connectivity index (χ3n) is 8.27. The summed E-state index contributed by atoms with van der Waals surface area (Å²) in [7, 11) is -4.34. The van der Waals surface area contributed by atoms with Crippen LogP contribution in [0.15, 0.2) is 72.9 Å². The van der Waals surface area contributed by atoms with Crippen LogP contribution < -0.4 is 11.1 Å². The van der Waals surface area contributed by atoms with E-state index in [2.05, 4.69) is 79.9 Å². The van der Waals surface area contributed by atoms with E-state index < -0.39 is 20.0 Å². The number of carbonyl (C=O) groups is 1. The number of rotatable bonds is 36. The number of phosphoric ester groups is 1. The molecule has 9 heteroatoms. The van der Waals surface area contributed by atoms with E-state index >= 15 is 0 Å². The van der Waals surface area contributed by atoms with Crippen LogP contribution in [0.5, 0.6) is 0 Å². The lowest BCUT2D eigenvalue weighted by Gasteiger charge is -2.23. The van der Waals surface area contributed by atoms with Crippen molar-refractivity contribution in [2.45, 2.75) is 167 Å². The molecule has 0 aromatic heterocycles. The zero-order chi connectivity index (χ0) is 37.5. The van der Waals surface area contributed by atoms with Crippen LogP contribution in [0.2, 0.25) is 0 Å². The average Bonchev–Trinajstić information content (AvgIpc) is 3.12. The zero-order valence-corrected chi connectivity index (χ0v) is 33.2. The minimum atomic E-state index is -4.34. The highest BCUT2D eigenvalue weighted by Gasteiger charge is 2.26. The molecule has 1 amide bonds. The summed E-state index contributed by atoms with van der Waals surface area (Å²) < 4.78 is 22.0. The Labute approximate surface area is 312 Å². The third kappa shape index (κ3) is 36.1. The lowest BCUT2D eigenvalue weighted by molar-refractivity contribution is -0.123. The first-order valence-corrected chi connectivity index (χ1v) is 21.6. The van der Waals surface area contributed by atoms with Gasteiger partial charge in [0.15, 0.2) is 0 Å². The molecule has 0 heterocycles. The van der Waals surface area contributed by atoms with E-state index in [4.69, 9.17) is 14.8 Å². The molecule has 0 saturated heterocycles. The molecule has 0 saturated carbocycles. The summed E-state index contributed by atoms with van der Waals surface area (Å²) in [4.78, 5) is 22.6. The Bertz CT molecular complexity index is 1020. The summed E-state index contributed by atoms with van der Waals surface area (Å²) in [6, 6.07) is -0.880. The van der Waals surface area contributed by atoms with Gasteiger partial charge in [0, 0.05) is 13.0 Å². The highest BCUT2D eigenvalue weighted by molar-refractivity contribution is 7.47. The number of carbonyl (C=O) groups excluding carboxylic acids is 1. The van der Waals surface area contributed by atoms with Crippen LogP contribution in [0.4, 0.5) is 0 Å². The van der Waals surface area contributed by atoms with E-state index in [1.165, 1.54) is 64.2 Å². The molecule has 0 bridgehead atoms. The fraction of sp³-hybridized carbons (Fsp3) is 0.690. The maximum atomic E-state index is 12.7. The quantitative estimate of drug-likeness (QED) is 0.0286. The number of unbranched alkanes of at least 4 members (excludes halogenated alkanes) is 14. The number of hydrogen-bond donors (Lipinski definition) is 4. The minimum Gasteiger partial charge on any atom is -0.387 e. The number of phosphoric acid groups is 1. The predicted octanol–water partition coefficient (Wildman–Crippen LogP) is 10.9. The Kier molecular flexibility index (Phi) is 36.2. The van der Waals surface area contributed by atoms with Crippen molar-refractivity contribution in [2.75, 3.05) is 19.8 Å². The fourth-order valence-corrected chi connectivity index (χ4v) is 6.01. The van der Waals surface area contributed by atoms with Gasteiger partial charge < -0.3 is 21.1 Å². The predicted molar refractivity (Wildman–Crippen MR) is 216 cm³/mol. The molecule has 0 fully saturated rings. The van der Waals surface area contributed by atoms with Crippen molar-refractivity contribution in [3.05, 3.63) is 72.9 Å². The van der Waals surface area contributed by atoms with E-state index in [-0.39, 0.29) is 25.7 Å². The number of aliphatic hydroxyl groups is 1. The molecule has 0 rings (SSSR count). The first-order chi connectivity index (χ1) is 24.9. The molecule has 0 aromatic rings. The van der Waals surface area contributed by atoms with E-state index in [0.29, 0.717) is 6.42 Å². The van der Waals surface area contributed by atoms with Crippen molar-refractivity contribution in [1.82, 2.24) is 5.32 Å². The van der Waals surface area contributed by atoms with Gasteiger partial charge in [0.1, 0.15) is 0 Å². The molecule has 3 atom stereocenters. The monoisotopic (exact) mass is 735 g/mol. The second-order valence-corrected chi connectivity index (χ2v) is 14.6. The Balaban J connectivity index is 4.14. The van der Waals surface area contributed by atoms with Gasteiger partial charge in [-0.3, -0.25) is 13.8 Å². The van der Waals surface area contributed by atoms with Crippen LogP contribution in [0.3, 0.4) is 0 Å². The highest BCUT2D eigenvalue weighted by Crippen LogP contribution is 2.43. The highest BCUT2D eigenvalue weighted by atomic mass is 31.2. The maximum absolute atomic E-state index is 12.7. The van der Waals surface area contributed by atoms with Crippen molar-refractivity contribution in [1.29, 1.82) is 0 Å². The van der Waals surface area contributed by atoms with Gasteiger partial charge in [-0.05, 0) is 70.6 Å². The van der Waals surface area contributed by atoms with Crippen LogP contribution in [-0.4, -0.2) is 47.8 Å². The molecular weight excluding hydrogens is 659 g/mol. The molecule has 0 aliphatic heterocycles. The number of aliphatic hydroxyl groups excluding tert-OH is 1. The van der Waals surface area contributed by atoms with Crippen molar-refractivity contribution < 1.29 is 28.4 Å². The molecule has 0 radical (unpaired) electrons. The Morgan fingerprint density at radius 2 is 1.16 bits per heavy atom. The van der Waals surface area contributed by atoms with Crippen molar-refractivity contribution >= 4 is 13.7 Å². The van der Waals surface area contributed by atoms with E-state index in [0.717, 1.165) is 70.6 Å². The fourth-order valence-electron chi connectivity index (χ4n) is 5.25. The number of amides is 1.